The van der Waals surface area contributed by atoms with Gasteiger partial charge < -0.3 is 9.47 Å². The van der Waals surface area contributed by atoms with Crippen molar-refractivity contribution in [3.05, 3.63) is 30.5 Å². The Balaban J connectivity index is 1.91. The average Bonchev–Trinajstić information content (AvgIpc) is 2.98. The number of ether oxygens (including phenoxy) is 2. The summed E-state index contributed by atoms with van der Waals surface area (Å²) >= 11 is 0. The molecule has 0 spiro atoms. The molecule has 0 saturated heterocycles. The first kappa shape index (κ1) is 13.1. The minimum absolute atomic E-state index is 0.243. The Morgan fingerprint density at radius 2 is 1.95 bits per heavy atom. The topological polar surface area (TPSA) is 111 Å². The van der Waals surface area contributed by atoms with Gasteiger partial charge in [0.15, 0.2) is 5.65 Å². The summed E-state index contributed by atoms with van der Waals surface area (Å²) in [4.78, 5) is 8.31. The molecule has 1 aromatic carbocycles. The fraction of sp³-hybridized carbons (Fsp3) is 0.154. The number of nitrogen functional groups attached to an aromatic ring is 1. The molecule has 108 valence electrons. The van der Waals surface area contributed by atoms with E-state index in [4.69, 9.17) is 15.3 Å². The lowest BCUT2D eigenvalue weighted by molar-refractivity contribution is 0.339. The molecule has 0 amide bonds. The smallest absolute Gasteiger partial charge is 0.242 e. The van der Waals surface area contributed by atoms with Crippen LogP contribution >= 0.6 is 0 Å². The Morgan fingerprint density at radius 3 is 2.67 bits per heavy atom. The second kappa shape index (κ2) is 5.63. The van der Waals surface area contributed by atoms with Gasteiger partial charge in [0.05, 0.1) is 12.8 Å². The molecule has 0 radical (unpaired) electrons. The van der Waals surface area contributed by atoms with Crippen molar-refractivity contribution in [1.29, 1.82) is 0 Å². The van der Waals surface area contributed by atoms with E-state index in [1.54, 1.807) is 18.3 Å². The number of nitrogens with one attached hydrogen (secondary N) is 2. The van der Waals surface area contributed by atoms with Crippen LogP contribution in [-0.4, -0.2) is 26.8 Å². The predicted octanol–water partition coefficient (Wildman–Crippen LogP) is 1.83. The summed E-state index contributed by atoms with van der Waals surface area (Å²) in [5.74, 6) is 7.36. The van der Waals surface area contributed by atoms with Gasteiger partial charge in [-0.1, -0.05) is 0 Å². The number of nitrogens with zero attached hydrogens (tertiary/aromatic N) is 3. The second-order valence-corrected chi connectivity index (χ2v) is 4.14. The molecule has 0 fully saturated rings. The summed E-state index contributed by atoms with van der Waals surface area (Å²) in [6.07, 6.45) is 1.60. The number of fused-ring (bicyclic) bond motifs is 1. The fourth-order valence-corrected chi connectivity index (χ4v) is 1.83. The van der Waals surface area contributed by atoms with E-state index in [1.807, 2.05) is 19.1 Å². The van der Waals surface area contributed by atoms with Crippen molar-refractivity contribution in [2.24, 2.45) is 5.84 Å². The maximum Gasteiger partial charge on any atom is 0.242 e. The predicted molar refractivity (Wildman–Crippen MR) is 77.2 cm³/mol. The van der Waals surface area contributed by atoms with Crippen LogP contribution in [-0.2, 0) is 0 Å². The molecule has 0 saturated carbocycles. The second-order valence-electron chi connectivity index (χ2n) is 4.14. The lowest BCUT2D eigenvalue weighted by Crippen LogP contribution is -2.10. The maximum atomic E-state index is 5.76. The number of anilines is 1. The van der Waals surface area contributed by atoms with Crippen molar-refractivity contribution in [3.63, 3.8) is 0 Å². The average molecular weight is 286 g/mol. The van der Waals surface area contributed by atoms with Crippen LogP contribution in [0.4, 0.5) is 5.95 Å². The van der Waals surface area contributed by atoms with Gasteiger partial charge in [-0.25, -0.2) is 5.84 Å². The molecule has 0 aliphatic carbocycles. The van der Waals surface area contributed by atoms with Crippen molar-refractivity contribution in [2.45, 2.75) is 6.92 Å². The Hall–Kier alpha value is -2.87. The number of hydrazine groups is 1. The zero-order valence-corrected chi connectivity index (χ0v) is 11.3. The Labute approximate surface area is 120 Å². The van der Waals surface area contributed by atoms with E-state index < -0.39 is 0 Å². The monoisotopic (exact) mass is 286 g/mol. The molecule has 8 heteroatoms. The Kier molecular flexibility index (Phi) is 3.52. The first-order valence-corrected chi connectivity index (χ1v) is 6.38. The molecule has 2 heterocycles. The van der Waals surface area contributed by atoms with Gasteiger partial charge in [-0.2, -0.15) is 15.1 Å². The van der Waals surface area contributed by atoms with Crippen molar-refractivity contribution < 1.29 is 9.47 Å². The number of benzene rings is 1. The largest absolute Gasteiger partial charge is 0.494 e. The van der Waals surface area contributed by atoms with Crippen LogP contribution in [0.5, 0.6) is 17.4 Å². The first-order chi connectivity index (χ1) is 10.3. The number of hydrogen-bond acceptors (Lipinski definition) is 7. The third-order valence-corrected chi connectivity index (χ3v) is 2.75. The van der Waals surface area contributed by atoms with Gasteiger partial charge in [-0.15, -0.1) is 0 Å². The van der Waals surface area contributed by atoms with Crippen LogP contribution in [0.15, 0.2) is 30.5 Å². The van der Waals surface area contributed by atoms with Crippen LogP contribution in [0.25, 0.3) is 11.0 Å². The summed E-state index contributed by atoms with van der Waals surface area (Å²) in [5.41, 5.74) is 2.93. The number of aromatic nitrogens is 4. The molecule has 2 aromatic heterocycles. The number of nitrogens with two attached hydrogens (primary N) is 1. The van der Waals surface area contributed by atoms with Crippen LogP contribution < -0.4 is 20.7 Å². The zero-order chi connectivity index (χ0) is 14.7. The number of H-pyrrole nitrogens is 1. The standard InChI is InChI=1S/C13H14N6O2/c1-2-20-8-3-5-9(6-4-8)21-12-10-7-15-19-11(10)16-13(17-12)18-14/h3-7H,2,14H2,1H3,(H2,15,16,17,18,19). The van der Waals surface area contributed by atoms with Gasteiger partial charge in [0.2, 0.25) is 11.8 Å². The van der Waals surface area contributed by atoms with Crippen molar-refractivity contribution >= 4 is 17.0 Å². The summed E-state index contributed by atoms with van der Waals surface area (Å²) in [6.45, 7) is 2.55. The summed E-state index contributed by atoms with van der Waals surface area (Å²) in [7, 11) is 0. The highest BCUT2D eigenvalue weighted by molar-refractivity contribution is 5.80. The molecule has 3 aromatic rings. The quantitative estimate of drug-likeness (QED) is 0.484. The molecule has 0 aliphatic heterocycles. The molecule has 0 unspecified atom stereocenters. The van der Waals surface area contributed by atoms with Crippen molar-refractivity contribution in [3.8, 4) is 17.4 Å². The molecular weight excluding hydrogens is 272 g/mol. The Morgan fingerprint density at radius 1 is 1.19 bits per heavy atom. The van der Waals surface area contributed by atoms with Gasteiger partial charge >= 0.3 is 0 Å². The molecule has 3 rings (SSSR count). The van der Waals surface area contributed by atoms with E-state index in [1.165, 1.54) is 0 Å². The van der Waals surface area contributed by atoms with E-state index in [0.717, 1.165) is 5.75 Å². The minimum atomic E-state index is 0.243. The maximum absolute atomic E-state index is 5.76. The van der Waals surface area contributed by atoms with Gasteiger partial charge in [0, 0.05) is 0 Å². The zero-order valence-electron chi connectivity index (χ0n) is 11.3. The lowest BCUT2D eigenvalue weighted by atomic mass is 10.3. The van der Waals surface area contributed by atoms with Gasteiger partial charge in [-0.05, 0) is 31.2 Å². The lowest BCUT2D eigenvalue weighted by Gasteiger charge is -2.08. The van der Waals surface area contributed by atoms with Crippen molar-refractivity contribution in [2.75, 3.05) is 12.0 Å². The normalized spacial score (nSPS) is 10.6. The first-order valence-electron chi connectivity index (χ1n) is 6.38. The van der Waals surface area contributed by atoms with E-state index in [2.05, 4.69) is 25.6 Å². The number of rotatable bonds is 5. The van der Waals surface area contributed by atoms with E-state index in [0.29, 0.717) is 29.3 Å². The Bertz CT molecular complexity index is 740. The van der Waals surface area contributed by atoms with Crippen LogP contribution in [0.2, 0.25) is 0 Å². The molecule has 8 nitrogen and oxygen atoms in total. The number of hydrogen-bond donors (Lipinski definition) is 3. The van der Waals surface area contributed by atoms with Gasteiger partial charge in [-0.3, -0.25) is 10.5 Å². The molecule has 4 N–H and O–H groups in total. The molecule has 0 aliphatic rings. The molecule has 0 atom stereocenters. The summed E-state index contributed by atoms with van der Waals surface area (Å²) < 4.78 is 11.1. The van der Waals surface area contributed by atoms with E-state index in [-0.39, 0.29) is 5.95 Å². The molecular formula is C13H14N6O2. The highest BCUT2D eigenvalue weighted by Gasteiger charge is 2.11. The third kappa shape index (κ3) is 2.70. The molecule has 0 bridgehead atoms. The SMILES string of the molecule is CCOc1ccc(Oc2nc(NN)nc3[nH]ncc23)cc1. The number of aromatic amines is 1. The van der Waals surface area contributed by atoms with Gasteiger partial charge in [0.1, 0.15) is 16.9 Å². The summed E-state index contributed by atoms with van der Waals surface area (Å²) in [5, 5.41) is 7.34. The molecule has 21 heavy (non-hydrogen) atoms. The van der Waals surface area contributed by atoms with E-state index >= 15 is 0 Å². The highest BCUT2D eigenvalue weighted by Crippen LogP contribution is 2.28. The van der Waals surface area contributed by atoms with Gasteiger partial charge in [0.25, 0.3) is 0 Å². The van der Waals surface area contributed by atoms with Crippen molar-refractivity contribution in [1.82, 2.24) is 20.2 Å². The van der Waals surface area contributed by atoms with Crippen LogP contribution in [0.1, 0.15) is 6.92 Å². The third-order valence-electron chi connectivity index (χ3n) is 2.75. The summed E-state index contributed by atoms with van der Waals surface area (Å²) in [6, 6.07) is 7.26. The van der Waals surface area contributed by atoms with Crippen LogP contribution in [0, 0.1) is 0 Å². The fourth-order valence-electron chi connectivity index (χ4n) is 1.83. The highest BCUT2D eigenvalue weighted by atomic mass is 16.5. The van der Waals surface area contributed by atoms with E-state index in [9.17, 15) is 0 Å². The minimum Gasteiger partial charge on any atom is -0.494 e. The van der Waals surface area contributed by atoms with Crippen LogP contribution in [0.3, 0.4) is 0 Å².